The Kier molecular flexibility index (Phi) is 6.52. The summed E-state index contributed by atoms with van der Waals surface area (Å²) in [5.74, 6) is 0.597. The number of benzene rings is 1. The maximum absolute atomic E-state index is 13.2. The molecule has 2 aromatic rings. The van der Waals surface area contributed by atoms with Crippen LogP contribution in [0.15, 0.2) is 23.0 Å². The summed E-state index contributed by atoms with van der Waals surface area (Å²) in [7, 11) is 0. The second-order valence-corrected chi connectivity index (χ2v) is 8.14. The Morgan fingerprint density at radius 3 is 2.56 bits per heavy atom. The molecule has 0 atom stereocenters. The zero-order valence-corrected chi connectivity index (χ0v) is 16.9. The van der Waals surface area contributed by atoms with Crippen LogP contribution in [0.1, 0.15) is 51.8 Å². The lowest BCUT2D eigenvalue weighted by Gasteiger charge is -2.25. The van der Waals surface area contributed by atoms with Gasteiger partial charge in [0.1, 0.15) is 5.75 Å². The van der Waals surface area contributed by atoms with Gasteiger partial charge < -0.3 is 19.7 Å². The summed E-state index contributed by atoms with van der Waals surface area (Å²) in [5.41, 5.74) is 1.32. The first-order valence-electron chi connectivity index (χ1n) is 9.39. The first-order valence-corrected chi connectivity index (χ1v) is 9.39. The van der Waals surface area contributed by atoms with Crippen LogP contribution in [0.2, 0.25) is 0 Å². The summed E-state index contributed by atoms with van der Waals surface area (Å²) in [6.07, 6.45) is 0.743. The summed E-state index contributed by atoms with van der Waals surface area (Å²) >= 11 is 0. The van der Waals surface area contributed by atoms with Crippen LogP contribution >= 0.6 is 0 Å². The van der Waals surface area contributed by atoms with E-state index in [0.717, 1.165) is 23.8 Å². The molecule has 6 nitrogen and oxygen atoms in total. The Bertz CT molecular complexity index is 878. The average Bonchev–Trinajstić information content (AvgIpc) is 2.56. The minimum Gasteiger partial charge on any atom is -0.491 e. The maximum atomic E-state index is 13.2. The van der Waals surface area contributed by atoms with Crippen LogP contribution in [-0.2, 0) is 13.1 Å². The van der Waals surface area contributed by atoms with Gasteiger partial charge in [-0.15, -0.1) is 0 Å². The fourth-order valence-electron chi connectivity index (χ4n) is 3.03. The van der Waals surface area contributed by atoms with Crippen molar-refractivity contribution >= 4 is 16.9 Å². The molecule has 0 spiro atoms. The van der Waals surface area contributed by atoms with E-state index in [0.29, 0.717) is 30.0 Å². The van der Waals surface area contributed by atoms with E-state index in [1.807, 2.05) is 45.9 Å². The van der Waals surface area contributed by atoms with Crippen molar-refractivity contribution < 1.29 is 14.6 Å². The van der Waals surface area contributed by atoms with Gasteiger partial charge in [-0.2, -0.15) is 0 Å². The second kappa shape index (κ2) is 8.46. The Morgan fingerprint density at radius 2 is 1.96 bits per heavy atom. The quantitative estimate of drug-likeness (QED) is 0.708. The lowest BCUT2D eigenvalue weighted by atomic mass is 9.96. The van der Waals surface area contributed by atoms with E-state index < -0.39 is 6.09 Å². The summed E-state index contributed by atoms with van der Waals surface area (Å²) in [4.78, 5) is 24.3. The van der Waals surface area contributed by atoms with Crippen LogP contribution in [0.25, 0.3) is 10.8 Å². The van der Waals surface area contributed by atoms with Gasteiger partial charge in [0.05, 0.1) is 24.2 Å². The summed E-state index contributed by atoms with van der Waals surface area (Å²) in [5, 5.41) is 12.8. The number of nitrogens with one attached hydrogen (secondary N) is 1. The number of ether oxygens (including phenoxy) is 1. The number of rotatable bonds is 7. The normalized spacial score (nSPS) is 11.6. The third kappa shape index (κ3) is 5.25. The monoisotopic (exact) mass is 374 g/mol. The van der Waals surface area contributed by atoms with Crippen molar-refractivity contribution in [3.8, 4) is 5.75 Å². The number of amides is 1. The molecule has 0 aliphatic heterocycles. The number of hydrogen-bond donors (Lipinski definition) is 2. The molecule has 1 aromatic heterocycles. The molecule has 0 unspecified atom stereocenters. The van der Waals surface area contributed by atoms with Gasteiger partial charge in [0.15, 0.2) is 0 Å². The average molecular weight is 374 g/mol. The van der Waals surface area contributed by atoms with E-state index in [4.69, 9.17) is 9.84 Å². The Hall–Kier alpha value is -2.50. The number of unbranched alkanes of at least 4 members (excludes halogenated alkanes) is 1. The van der Waals surface area contributed by atoms with Crippen LogP contribution in [0.4, 0.5) is 4.79 Å². The second-order valence-electron chi connectivity index (χ2n) is 8.14. The van der Waals surface area contributed by atoms with Gasteiger partial charge in [-0.1, -0.05) is 45.7 Å². The molecular weight excluding hydrogens is 344 g/mol. The molecule has 0 saturated heterocycles. The van der Waals surface area contributed by atoms with Gasteiger partial charge in [-0.25, -0.2) is 4.79 Å². The van der Waals surface area contributed by atoms with Crippen LogP contribution in [0.3, 0.4) is 0 Å². The minimum absolute atomic E-state index is 0.0198. The molecule has 0 radical (unpaired) electrons. The minimum atomic E-state index is -1.13. The summed E-state index contributed by atoms with van der Waals surface area (Å²) in [6, 6.07) is 5.67. The third-order valence-electron chi connectivity index (χ3n) is 4.27. The highest BCUT2D eigenvalue weighted by Crippen LogP contribution is 2.30. The SMILES string of the molecule is CCCCOc1c(CNC(=O)O)n(CC(C)(C)C)c(=O)c2ccc(C)cc12. The molecule has 148 valence electrons. The lowest BCUT2D eigenvalue weighted by molar-refractivity contribution is 0.193. The number of aromatic nitrogens is 1. The van der Waals surface area contributed by atoms with Gasteiger partial charge in [-0.05, 0) is 30.9 Å². The topological polar surface area (TPSA) is 80.6 Å². The highest BCUT2D eigenvalue weighted by atomic mass is 16.5. The van der Waals surface area contributed by atoms with Gasteiger partial charge in [0.25, 0.3) is 5.56 Å². The van der Waals surface area contributed by atoms with Crippen LogP contribution in [0, 0.1) is 12.3 Å². The fourth-order valence-corrected chi connectivity index (χ4v) is 3.03. The summed E-state index contributed by atoms with van der Waals surface area (Å²) in [6.45, 7) is 11.2. The zero-order valence-electron chi connectivity index (χ0n) is 16.9. The van der Waals surface area contributed by atoms with E-state index in [-0.39, 0.29) is 17.5 Å². The molecule has 1 heterocycles. The molecule has 0 aliphatic rings. The molecule has 27 heavy (non-hydrogen) atoms. The molecule has 2 N–H and O–H groups in total. The molecule has 0 aliphatic carbocycles. The van der Waals surface area contributed by atoms with Gasteiger partial charge in [0, 0.05) is 11.9 Å². The molecule has 6 heteroatoms. The largest absolute Gasteiger partial charge is 0.491 e. The van der Waals surface area contributed by atoms with Crippen LogP contribution in [0.5, 0.6) is 5.75 Å². The number of carboxylic acid groups (broad SMARTS) is 1. The number of nitrogens with zero attached hydrogens (tertiary/aromatic N) is 1. The zero-order chi connectivity index (χ0) is 20.2. The third-order valence-corrected chi connectivity index (χ3v) is 4.27. The van der Waals surface area contributed by atoms with Crippen molar-refractivity contribution in [2.75, 3.05) is 6.61 Å². The lowest BCUT2D eigenvalue weighted by Crippen LogP contribution is -2.33. The Balaban J connectivity index is 2.76. The first-order chi connectivity index (χ1) is 12.6. The smallest absolute Gasteiger partial charge is 0.404 e. The van der Waals surface area contributed by atoms with Crippen LogP contribution < -0.4 is 15.6 Å². The number of hydrogen-bond acceptors (Lipinski definition) is 3. The van der Waals surface area contributed by atoms with Crippen molar-refractivity contribution in [3.05, 3.63) is 39.8 Å². The molecule has 0 saturated carbocycles. The molecule has 2 rings (SSSR count). The van der Waals surface area contributed by atoms with Crippen LogP contribution in [-0.4, -0.2) is 22.4 Å². The predicted octanol–water partition coefficient (Wildman–Crippen LogP) is 4.30. The van der Waals surface area contributed by atoms with E-state index in [1.54, 1.807) is 4.57 Å². The molecule has 1 amide bonds. The molecule has 1 aromatic carbocycles. The van der Waals surface area contributed by atoms with E-state index in [1.165, 1.54) is 0 Å². The van der Waals surface area contributed by atoms with Gasteiger partial charge >= 0.3 is 6.09 Å². The van der Waals surface area contributed by atoms with Gasteiger partial charge in [0.2, 0.25) is 0 Å². The highest BCUT2D eigenvalue weighted by molar-refractivity contribution is 5.89. The van der Waals surface area contributed by atoms with E-state index in [2.05, 4.69) is 12.2 Å². The highest BCUT2D eigenvalue weighted by Gasteiger charge is 2.22. The van der Waals surface area contributed by atoms with Crippen molar-refractivity contribution in [1.29, 1.82) is 0 Å². The van der Waals surface area contributed by atoms with Crippen molar-refractivity contribution in [2.45, 2.75) is 60.5 Å². The van der Waals surface area contributed by atoms with Crippen molar-refractivity contribution in [3.63, 3.8) is 0 Å². The Labute approximate surface area is 160 Å². The first kappa shape index (κ1) is 20.8. The molecule has 0 bridgehead atoms. The number of pyridine rings is 1. The van der Waals surface area contributed by atoms with E-state index >= 15 is 0 Å². The molecule has 0 fully saturated rings. The predicted molar refractivity (Wildman–Crippen MR) is 108 cm³/mol. The van der Waals surface area contributed by atoms with E-state index in [9.17, 15) is 9.59 Å². The number of aryl methyl sites for hydroxylation is 1. The number of fused-ring (bicyclic) bond motifs is 1. The van der Waals surface area contributed by atoms with Gasteiger partial charge in [-0.3, -0.25) is 4.79 Å². The fraction of sp³-hybridized carbons (Fsp3) is 0.524. The van der Waals surface area contributed by atoms with Crippen molar-refractivity contribution in [2.24, 2.45) is 5.41 Å². The summed E-state index contributed by atoms with van der Waals surface area (Å²) < 4.78 is 7.76. The standard InChI is InChI=1S/C21H30N2O4/c1-6-7-10-27-18-16-11-14(2)8-9-15(16)19(24)23(13-21(3,4)5)17(18)12-22-20(25)26/h8-9,11,22H,6-7,10,12-13H2,1-5H3,(H,25,26). The Morgan fingerprint density at radius 1 is 1.26 bits per heavy atom. The van der Waals surface area contributed by atoms with Crippen molar-refractivity contribution in [1.82, 2.24) is 9.88 Å². The molecular formula is C21H30N2O4. The number of carbonyl (C=O) groups is 1. The maximum Gasteiger partial charge on any atom is 0.404 e.